The average Bonchev–Trinajstić information content (AvgIpc) is 3.15. The maximum atomic E-state index is 13.1. The molecule has 9 heteroatoms. The molecule has 3 heterocycles. The molecular weight excluding hydrogens is 413 g/mol. The van der Waals surface area contributed by atoms with Crippen LogP contribution >= 0.6 is 0 Å². The van der Waals surface area contributed by atoms with Crippen LogP contribution in [0.1, 0.15) is 23.4 Å². The van der Waals surface area contributed by atoms with Crippen molar-refractivity contribution in [1.82, 2.24) is 9.55 Å². The highest BCUT2D eigenvalue weighted by molar-refractivity contribution is 5.85. The molecule has 0 N–H and O–H groups in total. The highest BCUT2D eigenvalue weighted by Gasteiger charge is 2.31. The van der Waals surface area contributed by atoms with Gasteiger partial charge in [-0.05, 0) is 54.0 Å². The summed E-state index contributed by atoms with van der Waals surface area (Å²) >= 11 is 0. The van der Waals surface area contributed by atoms with Crippen molar-refractivity contribution in [3.8, 4) is 17.2 Å². The van der Waals surface area contributed by atoms with Crippen molar-refractivity contribution in [2.75, 3.05) is 20.3 Å². The quantitative estimate of drug-likeness (QED) is 0.612. The van der Waals surface area contributed by atoms with Crippen LogP contribution in [0.2, 0.25) is 0 Å². The van der Waals surface area contributed by atoms with Gasteiger partial charge in [-0.15, -0.1) is 0 Å². The van der Waals surface area contributed by atoms with Gasteiger partial charge in [0.25, 0.3) is 5.56 Å². The number of allylic oxidation sites excluding steroid dienone is 1. The van der Waals surface area contributed by atoms with Crippen molar-refractivity contribution in [2.24, 2.45) is 0 Å². The van der Waals surface area contributed by atoms with Gasteiger partial charge < -0.3 is 14.2 Å². The van der Waals surface area contributed by atoms with Crippen LogP contribution < -0.4 is 19.8 Å². The first-order chi connectivity index (χ1) is 14.8. The number of hydrogen-bond acceptors (Lipinski definition) is 5. The Hall–Kier alpha value is -3.49. The molecule has 0 saturated carbocycles. The summed E-state index contributed by atoms with van der Waals surface area (Å²) < 4.78 is 57.5. The van der Waals surface area contributed by atoms with Crippen molar-refractivity contribution in [2.45, 2.75) is 19.1 Å². The summed E-state index contributed by atoms with van der Waals surface area (Å²) in [6, 6.07) is 6.60. The lowest BCUT2D eigenvalue weighted by atomic mass is 10.1. The normalized spacial score (nSPS) is 16.6. The summed E-state index contributed by atoms with van der Waals surface area (Å²) in [5, 5.41) is 0.166. The second-order valence-electron chi connectivity index (χ2n) is 7.29. The van der Waals surface area contributed by atoms with E-state index in [0.29, 0.717) is 49.3 Å². The molecule has 0 saturated heterocycles. The van der Waals surface area contributed by atoms with Crippen LogP contribution in [0, 0.1) is 0 Å². The summed E-state index contributed by atoms with van der Waals surface area (Å²) in [6.45, 7) is 1.26. The van der Waals surface area contributed by atoms with Gasteiger partial charge in [0.1, 0.15) is 19.0 Å². The van der Waals surface area contributed by atoms with Crippen molar-refractivity contribution < 1.29 is 27.4 Å². The van der Waals surface area contributed by atoms with Crippen LogP contribution in [0.4, 0.5) is 13.2 Å². The first-order valence-corrected chi connectivity index (χ1v) is 9.65. The van der Waals surface area contributed by atoms with Gasteiger partial charge >= 0.3 is 6.18 Å². The van der Waals surface area contributed by atoms with Crippen molar-refractivity contribution in [3.63, 3.8) is 0 Å². The van der Waals surface area contributed by atoms with E-state index in [1.165, 1.54) is 17.7 Å². The molecule has 0 bridgehead atoms. The van der Waals surface area contributed by atoms with E-state index >= 15 is 0 Å². The lowest BCUT2D eigenvalue weighted by Crippen LogP contribution is -2.21. The zero-order valence-corrected chi connectivity index (χ0v) is 16.5. The second kappa shape index (κ2) is 7.04. The largest absolute Gasteiger partial charge is 0.493 e. The minimum absolute atomic E-state index is 0.0265. The Balaban J connectivity index is 1.63. The predicted molar refractivity (Wildman–Crippen MR) is 107 cm³/mol. The van der Waals surface area contributed by atoms with Crippen LogP contribution in [0.15, 0.2) is 35.1 Å². The van der Waals surface area contributed by atoms with Gasteiger partial charge in [-0.2, -0.15) is 13.2 Å². The maximum absolute atomic E-state index is 13.1. The number of aromatic nitrogens is 2. The highest BCUT2D eigenvalue weighted by Crippen LogP contribution is 2.41. The molecule has 0 aliphatic carbocycles. The number of ether oxygens (including phenoxy) is 3. The summed E-state index contributed by atoms with van der Waals surface area (Å²) in [5.41, 5.74) is 0.338. The Morgan fingerprint density at radius 2 is 1.97 bits per heavy atom. The average molecular weight is 430 g/mol. The zero-order valence-electron chi connectivity index (χ0n) is 16.5. The van der Waals surface area contributed by atoms with E-state index in [2.05, 4.69) is 4.98 Å². The van der Waals surface area contributed by atoms with Crippen molar-refractivity contribution >= 4 is 22.6 Å². The van der Waals surface area contributed by atoms with Gasteiger partial charge in [0.05, 0.1) is 23.6 Å². The van der Waals surface area contributed by atoms with Crippen molar-refractivity contribution in [1.29, 1.82) is 0 Å². The van der Waals surface area contributed by atoms with Gasteiger partial charge in [0.2, 0.25) is 5.75 Å². The fourth-order valence-corrected chi connectivity index (χ4v) is 3.91. The van der Waals surface area contributed by atoms with Gasteiger partial charge in [-0.1, -0.05) is 0 Å². The van der Waals surface area contributed by atoms with E-state index in [9.17, 15) is 18.0 Å². The molecule has 0 unspecified atom stereocenters. The standard InChI is InChI=1S/C22H17F3N2O4/c1-29-17-9-12(10-18-19(17)31-7-6-30-18)8-13-4-5-27-20(13)26-16-11-14(22(23,24)25)2-3-15(16)21(27)28/h2-3,8-11H,4-7H2,1H3/b13-8+. The van der Waals surface area contributed by atoms with Crippen LogP contribution in [0.25, 0.3) is 22.6 Å². The fraction of sp³-hybridized carbons (Fsp3) is 0.273. The second-order valence-corrected chi connectivity index (χ2v) is 7.29. The van der Waals surface area contributed by atoms with E-state index in [-0.39, 0.29) is 16.5 Å². The molecule has 0 spiro atoms. The smallest absolute Gasteiger partial charge is 0.416 e. The monoisotopic (exact) mass is 430 g/mol. The van der Waals surface area contributed by atoms with Crippen LogP contribution in [0.3, 0.4) is 0 Å². The number of alkyl halides is 3. The third kappa shape index (κ3) is 3.30. The van der Waals surface area contributed by atoms with Crippen molar-refractivity contribution in [3.05, 3.63) is 57.6 Å². The number of nitrogens with zero attached hydrogens (tertiary/aromatic N) is 2. The predicted octanol–water partition coefficient (Wildman–Crippen LogP) is 4.14. The third-order valence-electron chi connectivity index (χ3n) is 5.37. The number of rotatable bonds is 2. The molecule has 5 rings (SSSR count). The SMILES string of the molecule is COc1cc(/C=C2\CCn3c2nc2cc(C(F)(F)F)ccc2c3=O)cc2c1OCCO2. The highest BCUT2D eigenvalue weighted by atomic mass is 19.4. The summed E-state index contributed by atoms with van der Waals surface area (Å²) in [5.74, 6) is 1.96. The summed E-state index contributed by atoms with van der Waals surface area (Å²) in [6.07, 6.45) is -2.14. The van der Waals surface area contributed by atoms with E-state index in [1.54, 1.807) is 12.1 Å². The van der Waals surface area contributed by atoms with Gasteiger partial charge in [0.15, 0.2) is 11.5 Å². The lowest BCUT2D eigenvalue weighted by Gasteiger charge is -2.21. The Kier molecular flexibility index (Phi) is 4.42. The molecule has 6 nitrogen and oxygen atoms in total. The summed E-state index contributed by atoms with van der Waals surface area (Å²) in [4.78, 5) is 17.2. The Morgan fingerprint density at radius 1 is 1.16 bits per heavy atom. The van der Waals surface area contributed by atoms with E-state index in [4.69, 9.17) is 14.2 Å². The van der Waals surface area contributed by atoms with E-state index in [1.807, 2.05) is 6.08 Å². The number of halogens is 3. The molecule has 2 aromatic carbocycles. The van der Waals surface area contributed by atoms with Gasteiger partial charge in [-0.3, -0.25) is 9.36 Å². The molecule has 1 aromatic heterocycles. The van der Waals surface area contributed by atoms with Gasteiger partial charge in [0, 0.05) is 6.54 Å². The minimum atomic E-state index is -4.51. The fourth-order valence-electron chi connectivity index (χ4n) is 3.91. The maximum Gasteiger partial charge on any atom is 0.416 e. The Morgan fingerprint density at radius 3 is 2.74 bits per heavy atom. The molecule has 3 aromatic rings. The molecule has 2 aliphatic heterocycles. The number of hydrogen-bond donors (Lipinski definition) is 0. The first-order valence-electron chi connectivity index (χ1n) is 9.65. The van der Waals surface area contributed by atoms with Crippen LogP contribution in [-0.4, -0.2) is 29.9 Å². The Labute approximate surface area is 174 Å². The molecule has 0 radical (unpaired) electrons. The van der Waals surface area contributed by atoms with E-state index in [0.717, 1.165) is 23.3 Å². The Bertz CT molecular complexity index is 1280. The minimum Gasteiger partial charge on any atom is -0.493 e. The lowest BCUT2D eigenvalue weighted by molar-refractivity contribution is -0.137. The number of methoxy groups -OCH3 is 1. The molecule has 0 amide bonds. The molecule has 0 atom stereocenters. The van der Waals surface area contributed by atoms with Crippen LogP contribution in [0.5, 0.6) is 17.2 Å². The van der Waals surface area contributed by atoms with Gasteiger partial charge in [-0.25, -0.2) is 4.98 Å². The third-order valence-corrected chi connectivity index (χ3v) is 5.37. The molecule has 31 heavy (non-hydrogen) atoms. The zero-order chi connectivity index (χ0) is 21.8. The molecule has 160 valence electrons. The topological polar surface area (TPSA) is 62.6 Å². The first kappa shape index (κ1) is 19.5. The van der Waals surface area contributed by atoms with E-state index < -0.39 is 11.7 Å². The number of fused-ring (bicyclic) bond motifs is 3. The molecule has 0 fully saturated rings. The molecular formula is C22H17F3N2O4. The number of benzene rings is 2. The molecule has 2 aliphatic rings. The van der Waals surface area contributed by atoms with Crippen LogP contribution in [-0.2, 0) is 12.7 Å². The summed E-state index contributed by atoms with van der Waals surface area (Å²) in [7, 11) is 1.53.